The second-order valence-corrected chi connectivity index (χ2v) is 4.41. The van der Waals surface area contributed by atoms with Crippen LogP contribution < -0.4 is 10.6 Å². The van der Waals surface area contributed by atoms with Crippen molar-refractivity contribution in [1.29, 1.82) is 0 Å². The van der Waals surface area contributed by atoms with Gasteiger partial charge in [-0.1, -0.05) is 36.4 Å². The molecule has 21 heavy (non-hydrogen) atoms. The normalized spacial score (nSPS) is 8.57. The Morgan fingerprint density at radius 1 is 0.810 bits per heavy atom. The third kappa shape index (κ3) is 7.86. The van der Waals surface area contributed by atoms with Crippen LogP contribution in [0.2, 0.25) is 0 Å². The van der Waals surface area contributed by atoms with Crippen LogP contribution in [0.1, 0.15) is 0 Å². The minimum atomic E-state index is -0.500. The molecule has 0 amide bonds. The molecular weight excluding hydrogens is 331 g/mol. The van der Waals surface area contributed by atoms with Crippen LogP contribution in [0.3, 0.4) is 0 Å². The number of benzene rings is 2. The first-order valence-corrected chi connectivity index (χ1v) is 6.45. The van der Waals surface area contributed by atoms with Gasteiger partial charge in [-0.15, -0.1) is 0 Å². The molecule has 2 rings (SSSR count). The molecule has 0 heterocycles. The van der Waals surface area contributed by atoms with Gasteiger partial charge in [0, 0.05) is 11.4 Å². The summed E-state index contributed by atoms with van der Waals surface area (Å²) in [6.45, 7) is 0. The van der Waals surface area contributed by atoms with Gasteiger partial charge in [0.05, 0.1) is 0 Å². The summed E-state index contributed by atoms with van der Waals surface area (Å²) in [4.78, 5) is 1.62. The van der Waals surface area contributed by atoms with E-state index in [2.05, 4.69) is 18.0 Å². The SMILES string of the molecule is NC(O)=S.OC(=S)N(c1ccccc1)c1ccccc1.[KH]. The molecule has 0 saturated heterocycles. The van der Waals surface area contributed by atoms with Crippen LogP contribution in [0.15, 0.2) is 60.7 Å². The standard InChI is InChI=1S/C13H11NOS.CH3NOS.K.H/c15-13(16)14(11-7-3-1-4-8-11)12-9-5-2-6-10-12;2-1(3)4;;/h1-10H,(H,15,16);(H3,2,3,4);;. The zero-order chi connectivity index (χ0) is 15.0. The number of anilines is 2. The van der Waals surface area contributed by atoms with E-state index in [1.54, 1.807) is 4.90 Å². The monoisotopic (exact) mass is 346 g/mol. The maximum absolute atomic E-state index is 9.58. The first-order valence-electron chi connectivity index (χ1n) is 5.64. The zero-order valence-electron chi connectivity index (χ0n) is 10.5. The maximum atomic E-state index is 9.58. The van der Waals surface area contributed by atoms with Gasteiger partial charge in [-0.2, -0.15) is 0 Å². The summed E-state index contributed by atoms with van der Waals surface area (Å²) in [6, 6.07) is 19.1. The van der Waals surface area contributed by atoms with Crippen molar-refractivity contribution in [3.05, 3.63) is 60.7 Å². The number of hydrogen-bond acceptors (Lipinski definition) is 2. The fourth-order valence-electron chi connectivity index (χ4n) is 1.52. The number of nitrogens with two attached hydrogens (primary N) is 1. The molecule has 0 fully saturated rings. The van der Waals surface area contributed by atoms with Gasteiger partial charge in [0.2, 0.25) is 0 Å². The molecule has 0 bridgehead atoms. The fourth-order valence-corrected chi connectivity index (χ4v) is 1.73. The van der Waals surface area contributed by atoms with Crippen molar-refractivity contribution in [3.8, 4) is 0 Å². The van der Waals surface area contributed by atoms with Crippen molar-refractivity contribution in [2.75, 3.05) is 4.90 Å². The second kappa shape index (κ2) is 11.1. The van der Waals surface area contributed by atoms with E-state index in [1.807, 2.05) is 60.7 Å². The van der Waals surface area contributed by atoms with Gasteiger partial charge in [-0.3, -0.25) is 4.90 Å². The second-order valence-electron chi connectivity index (χ2n) is 3.63. The Bertz CT molecular complexity index is 524. The van der Waals surface area contributed by atoms with Gasteiger partial charge in [-0.25, -0.2) is 0 Å². The van der Waals surface area contributed by atoms with Gasteiger partial charge < -0.3 is 15.9 Å². The van der Waals surface area contributed by atoms with E-state index in [-0.39, 0.29) is 56.6 Å². The van der Waals surface area contributed by atoms with E-state index in [0.29, 0.717) is 0 Å². The number of aliphatic hydroxyl groups is 2. The first kappa shape index (κ1) is 20.5. The van der Waals surface area contributed by atoms with E-state index in [9.17, 15) is 5.11 Å². The average molecular weight is 347 g/mol. The van der Waals surface area contributed by atoms with Crippen molar-refractivity contribution >= 4 is 97.5 Å². The van der Waals surface area contributed by atoms with Crippen LogP contribution in [0.4, 0.5) is 11.4 Å². The van der Waals surface area contributed by atoms with Crippen molar-refractivity contribution in [2.45, 2.75) is 0 Å². The van der Waals surface area contributed by atoms with Crippen LogP contribution in [-0.4, -0.2) is 71.9 Å². The Hall–Kier alpha value is -0.544. The molecule has 0 aromatic heterocycles. The third-order valence-corrected chi connectivity index (χ3v) is 2.40. The van der Waals surface area contributed by atoms with Gasteiger partial charge in [0.1, 0.15) is 0 Å². The van der Waals surface area contributed by atoms with E-state index in [4.69, 9.17) is 17.3 Å². The Morgan fingerprint density at radius 2 is 1.10 bits per heavy atom. The van der Waals surface area contributed by atoms with Gasteiger partial charge in [0.25, 0.3) is 10.3 Å². The summed E-state index contributed by atoms with van der Waals surface area (Å²) in [5.41, 5.74) is 6.09. The van der Waals surface area contributed by atoms with E-state index < -0.39 is 5.17 Å². The average Bonchev–Trinajstić information content (AvgIpc) is 2.40. The molecule has 2 aromatic carbocycles. The molecule has 4 nitrogen and oxygen atoms in total. The molecule has 0 aliphatic carbocycles. The summed E-state index contributed by atoms with van der Waals surface area (Å²) >= 11 is 8.73. The first-order chi connectivity index (χ1) is 9.52. The molecule has 0 atom stereocenters. The van der Waals surface area contributed by atoms with E-state index in [1.165, 1.54) is 0 Å². The summed E-state index contributed by atoms with van der Waals surface area (Å²) in [5, 5.41) is 16.5. The predicted molar refractivity (Wildman–Crippen MR) is 96.8 cm³/mol. The van der Waals surface area contributed by atoms with Crippen LogP contribution in [-0.2, 0) is 0 Å². The molecule has 2 aromatic rings. The summed E-state index contributed by atoms with van der Waals surface area (Å²) in [7, 11) is 0. The Balaban J connectivity index is 0.000000715. The number of hydrogen-bond donors (Lipinski definition) is 3. The van der Waals surface area contributed by atoms with Crippen molar-refractivity contribution in [3.63, 3.8) is 0 Å². The molecule has 4 N–H and O–H groups in total. The molecule has 106 valence electrons. The summed E-state index contributed by atoms with van der Waals surface area (Å²) in [5.74, 6) is 0. The molecule has 7 heteroatoms. The molecule has 0 radical (unpaired) electrons. The summed E-state index contributed by atoms with van der Waals surface area (Å²) in [6.07, 6.45) is 0. The number of thiocarbonyl (C=S) groups is 2. The number of para-hydroxylation sites is 2. The van der Waals surface area contributed by atoms with Gasteiger partial charge in [0.15, 0.2) is 0 Å². The molecule has 0 unspecified atom stereocenters. The molecule has 0 aliphatic rings. The number of nitrogens with zero attached hydrogens (tertiary/aromatic N) is 1. The van der Waals surface area contributed by atoms with Crippen LogP contribution in [0.25, 0.3) is 0 Å². The van der Waals surface area contributed by atoms with Crippen molar-refractivity contribution in [1.82, 2.24) is 0 Å². The van der Waals surface area contributed by atoms with E-state index >= 15 is 0 Å². The predicted octanol–water partition coefficient (Wildman–Crippen LogP) is 2.81. The molecule has 0 spiro atoms. The number of aliphatic hydroxyl groups excluding tert-OH is 2. The topological polar surface area (TPSA) is 69.7 Å². The van der Waals surface area contributed by atoms with Crippen LogP contribution >= 0.6 is 24.4 Å². The van der Waals surface area contributed by atoms with Crippen LogP contribution in [0, 0.1) is 0 Å². The fraction of sp³-hybridized carbons (Fsp3) is 0. The summed E-state index contributed by atoms with van der Waals surface area (Å²) < 4.78 is 0. The zero-order valence-corrected chi connectivity index (χ0v) is 12.1. The molecule has 0 aliphatic heterocycles. The van der Waals surface area contributed by atoms with Crippen molar-refractivity contribution in [2.24, 2.45) is 5.73 Å². The van der Waals surface area contributed by atoms with Gasteiger partial charge >= 0.3 is 51.4 Å². The quantitative estimate of drug-likeness (QED) is 0.574. The Morgan fingerprint density at radius 3 is 1.33 bits per heavy atom. The third-order valence-electron chi connectivity index (χ3n) is 2.22. The van der Waals surface area contributed by atoms with Crippen LogP contribution in [0.5, 0.6) is 0 Å². The minimum absolute atomic E-state index is 0. The van der Waals surface area contributed by atoms with Crippen molar-refractivity contribution < 1.29 is 10.2 Å². The molecular formula is C14H15KN2O2S2. The van der Waals surface area contributed by atoms with E-state index in [0.717, 1.165) is 11.4 Å². The Kier molecular flexibility index (Phi) is 10.8. The number of rotatable bonds is 2. The molecule has 0 saturated carbocycles. The Labute approximate surface area is 177 Å². The van der Waals surface area contributed by atoms with Gasteiger partial charge in [-0.05, 0) is 48.7 Å².